The van der Waals surface area contributed by atoms with Crippen molar-refractivity contribution in [1.29, 1.82) is 0 Å². The van der Waals surface area contributed by atoms with E-state index in [9.17, 15) is 9.59 Å². The molecule has 4 nitrogen and oxygen atoms in total. The molecule has 1 heterocycles. The fourth-order valence-electron chi connectivity index (χ4n) is 2.84. The van der Waals surface area contributed by atoms with Gasteiger partial charge in [-0.25, -0.2) is 4.79 Å². The van der Waals surface area contributed by atoms with Crippen molar-refractivity contribution in [2.24, 2.45) is 5.92 Å². The van der Waals surface area contributed by atoms with Crippen LogP contribution in [0.1, 0.15) is 40.4 Å². The number of hydrogen-bond donors (Lipinski definition) is 1. The first-order chi connectivity index (χ1) is 11.5. The predicted octanol–water partition coefficient (Wildman–Crippen LogP) is 4.06. The molecule has 24 heavy (non-hydrogen) atoms. The highest BCUT2D eigenvalue weighted by molar-refractivity contribution is 7.14. The first-order valence-electron chi connectivity index (χ1n) is 8.21. The Morgan fingerprint density at radius 3 is 2.79 bits per heavy atom. The molecule has 0 fully saturated rings. The molecule has 3 rings (SSSR count). The van der Waals surface area contributed by atoms with Crippen LogP contribution in [0.5, 0.6) is 0 Å². The Morgan fingerprint density at radius 1 is 1.29 bits per heavy atom. The van der Waals surface area contributed by atoms with E-state index in [4.69, 9.17) is 4.74 Å². The molecule has 5 heteroatoms. The summed E-state index contributed by atoms with van der Waals surface area (Å²) >= 11 is 1.50. The summed E-state index contributed by atoms with van der Waals surface area (Å²) in [4.78, 5) is 26.3. The Hall–Kier alpha value is -2.14. The number of para-hydroxylation sites is 1. The molecule has 126 valence electrons. The highest BCUT2D eigenvalue weighted by atomic mass is 32.1. The zero-order valence-electron chi connectivity index (χ0n) is 13.9. The molecule has 1 aliphatic rings. The Kier molecular flexibility index (Phi) is 5.00. The topological polar surface area (TPSA) is 55.4 Å². The number of fused-ring (bicyclic) bond motifs is 1. The molecular formula is C19H21NO3S. The Labute approximate surface area is 145 Å². The number of aryl methyl sites for hydroxylation is 1. The third-order valence-electron chi connectivity index (χ3n) is 4.22. The van der Waals surface area contributed by atoms with Gasteiger partial charge in [0, 0.05) is 10.6 Å². The van der Waals surface area contributed by atoms with E-state index in [2.05, 4.69) is 12.2 Å². The molecule has 1 aliphatic carbocycles. The fourth-order valence-corrected chi connectivity index (χ4v) is 3.94. The lowest BCUT2D eigenvalue weighted by Crippen LogP contribution is -2.29. The maximum atomic E-state index is 12.3. The lowest BCUT2D eigenvalue weighted by molar-refractivity contribution is -0.123. The number of ether oxygens (including phenoxy) is 1. The van der Waals surface area contributed by atoms with Gasteiger partial charge in [-0.05, 0) is 55.9 Å². The van der Waals surface area contributed by atoms with Crippen LogP contribution in [-0.4, -0.2) is 18.0 Å². The van der Waals surface area contributed by atoms with Crippen molar-refractivity contribution in [3.8, 4) is 0 Å². The quantitative estimate of drug-likeness (QED) is 0.852. The molecule has 1 aromatic carbocycles. The lowest BCUT2D eigenvalue weighted by Gasteiger charge is -2.16. The van der Waals surface area contributed by atoms with Crippen LogP contribution in [0.15, 0.2) is 36.4 Å². The standard InChI is InChI=1S/C19H21NO3S/c1-12-8-9-16-14(10-12)11-17(24-16)19(22)23-13(2)18(21)20-15-6-4-3-5-7-15/h3-7,11-13H,8-10H2,1-2H3,(H,20,21)/t12-,13-/m1/s1. The SMILES string of the molecule is C[C@@H]1CCc2sc(C(=O)O[C@H](C)C(=O)Nc3ccccc3)cc2C1. The highest BCUT2D eigenvalue weighted by Crippen LogP contribution is 2.32. The largest absolute Gasteiger partial charge is 0.448 e. The van der Waals surface area contributed by atoms with Crippen molar-refractivity contribution < 1.29 is 14.3 Å². The summed E-state index contributed by atoms with van der Waals surface area (Å²) < 4.78 is 5.33. The normalized spacial score (nSPS) is 17.7. The van der Waals surface area contributed by atoms with Gasteiger partial charge in [-0.1, -0.05) is 25.1 Å². The first-order valence-corrected chi connectivity index (χ1v) is 9.03. The van der Waals surface area contributed by atoms with Crippen molar-refractivity contribution in [3.05, 3.63) is 51.7 Å². The number of amides is 1. The van der Waals surface area contributed by atoms with E-state index in [0.29, 0.717) is 16.5 Å². The molecule has 1 amide bonds. The monoisotopic (exact) mass is 343 g/mol. The van der Waals surface area contributed by atoms with Gasteiger partial charge in [0.1, 0.15) is 4.88 Å². The minimum absolute atomic E-state index is 0.329. The molecule has 0 aliphatic heterocycles. The van der Waals surface area contributed by atoms with Crippen LogP contribution in [0.4, 0.5) is 5.69 Å². The molecule has 1 aromatic heterocycles. The van der Waals surface area contributed by atoms with Gasteiger partial charge in [0.25, 0.3) is 5.91 Å². The van der Waals surface area contributed by atoms with Crippen LogP contribution in [-0.2, 0) is 22.4 Å². The molecule has 0 unspecified atom stereocenters. The molecule has 2 atom stereocenters. The molecule has 0 saturated heterocycles. The van der Waals surface area contributed by atoms with Crippen LogP contribution >= 0.6 is 11.3 Å². The fraction of sp³-hybridized carbons (Fsp3) is 0.368. The Bertz CT molecular complexity index is 738. The Balaban J connectivity index is 1.61. The van der Waals surface area contributed by atoms with Gasteiger partial charge >= 0.3 is 5.97 Å². The van der Waals surface area contributed by atoms with E-state index in [1.54, 1.807) is 19.1 Å². The van der Waals surface area contributed by atoms with E-state index < -0.39 is 12.1 Å². The van der Waals surface area contributed by atoms with Crippen molar-refractivity contribution in [3.63, 3.8) is 0 Å². The zero-order valence-corrected chi connectivity index (χ0v) is 14.7. The van der Waals surface area contributed by atoms with Gasteiger partial charge in [-0.15, -0.1) is 11.3 Å². The summed E-state index contributed by atoms with van der Waals surface area (Å²) in [6, 6.07) is 11.1. The predicted molar refractivity (Wildman–Crippen MR) is 95.5 cm³/mol. The maximum Gasteiger partial charge on any atom is 0.349 e. The summed E-state index contributed by atoms with van der Waals surface area (Å²) in [5.74, 6) is -0.0891. The average Bonchev–Trinajstić information content (AvgIpc) is 2.99. The van der Waals surface area contributed by atoms with Crippen molar-refractivity contribution in [1.82, 2.24) is 0 Å². The van der Waals surface area contributed by atoms with E-state index in [1.165, 1.54) is 21.8 Å². The van der Waals surface area contributed by atoms with Crippen LogP contribution in [0.3, 0.4) is 0 Å². The van der Waals surface area contributed by atoms with Crippen LogP contribution in [0.25, 0.3) is 0 Å². The number of benzene rings is 1. The molecule has 0 spiro atoms. The number of carbonyl (C=O) groups is 2. The summed E-state index contributed by atoms with van der Waals surface area (Å²) in [7, 11) is 0. The van der Waals surface area contributed by atoms with Gasteiger partial charge in [0.15, 0.2) is 6.10 Å². The Morgan fingerprint density at radius 2 is 2.04 bits per heavy atom. The number of esters is 1. The van der Waals surface area contributed by atoms with Gasteiger partial charge in [-0.3, -0.25) is 4.79 Å². The molecule has 0 saturated carbocycles. The molecule has 1 N–H and O–H groups in total. The number of carbonyl (C=O) groups excluding carboxylic acids is 2. The molecule has 2 aromatic rings. The minimum Gasteiger partial charge on any atom is -0.448 e. The number of nitrogens with one attached hydrogen (secondary N) is 1. The third-order valence-corrected chi connectivity index (χ3v) is 5.44. The minimum atomic E-state index is -0.837. The number of anilines is 1. The van der Waals surface area contributed by atoms with E-state index in [0.717, 1.165) is 19.3 Å². The highest BCUT2D eigenvalue weighted by Gasteiger charge is 2.24. The summed E-state index contributed by atoms with van der Waals surface area (Å²) in [6.45, 7) is 3.82. The lowest BCUT2D eigenvalue weighted by atomic mass is 9.90. The second-order valence-electron chi connectivity index (χ2n) is 6.31. The van der Waals surface area contributed by atoms with E-state index in [1.807, 2.05) is 24.3 Å². The van der Waals surface area contributed by atoms with Crippen molar-refractivity contribution in [2.75, 3.05) is 5.32 Å². The molecule has 0 bridgehead atoms. The van der Waals surface area contributed by atoms with E-state index in [-0.39, 0.29) is 5.91 Å². The number of rotatable bonds is 4. The molecule has 0 radical (unpaired) electrons. The van der Waals surface area contributed by atoms with E-state index >= 15 is 0 Å². The van der Waals surface area contributed by atoms with Gasteiger partial charge < -0.3 is 10.1 Å². The van der Waals surface area contributed by atoms with Gasteiger partial charge in [0.2, 0.25) is 0 Å². The summed E-state index contributed by atoms with van der Waals surface area (Å²) in [5.41, 5.74) is 1.94. The van der Waals surface area contributed by atoms with Crippen molar-refractivity contribution in [2.45, 2.75) is 39.2 Å². The second-order valence-corrected chi connectivity index (χ2v) is 7.45. The van der Waals surface area contributed by atoms with Gasteiger partial charge in [-0.2, -0.15) is 0 Å². The number of thiophene rings is 1. The van der Waals surface area contributed by atoms with Crippen molar-refractivity contribution >= 4 is 28.9 Å². The smallest absolute Gasteiger partial charge is 0.349 e. The zero-order chi connectivity index (χ0) is 17.1. The van der Waals surface area contributed by atoms with Crippen LogP contribution < -0.4 is 5.32 Å². The third kappa shape index (κ3) is 3.85. The molecular weight excluding hydrogens is 322 g/mol. The van der Waals surface area contributed by atoms with Gasteiger partial charge in [0.05, 0.1) is 0 Å². The van der Waals surface area contributed by atoms with Crippen LogP contribution in [0, 0.1) is 5.92 Å². The summed E-state index contributed by atoms with van der Waals surface area (Å²) in [5, 5.41) is 2.74. The maximum absolute atomic E-state index is 12.3. The summed E-state index contributed by atoms with van der Waals surface area (Å²) in [6.07, 6.45) is 2.37. The average molecular weight is 343 g/mol. The number of hydrogen-bond acceptors (Lipinski definition) is 4. The second kappa shape index (κ2) is 7.18. The first kappa shape index (κ1) is 16.7. The van der Waals surface area contributed by atoms with Crippen LogP contribution in [0.2, 0.25) is 0 Å².